The first-order valence-electron chi connectivity index (χ1n) is 9.48. The molecule has 1 saturated heterocycles. The van der Waals surface area contributed by atoms with Crippen LogP contribution in [-0.4, -0.2) is 87.1 Å². The Morgan fingerprint density at radius 1 is 1.06 bits per heavy atom. The lowest BCUT2D eigenvalue weighted by Gasteiger charge is -2.28. The van der Waals surface area contributed by atoms with Gasteiger partial charge in [0.15, 0.2) is 0 Å². The zero-order valence-corrected chi connectivity index (χ0v) is 17.5. The zero-order chi connectivity index (χ0) is 23.7. The molecule has 1 heterocycles. The number of carbonyl (C=O) groups excluding carboxylic acids is 4. The number of rotatable bonds is 12. The molecule has 1 fully saturated rings. The summed E-state index contributed by atoms with van der Waals surface area (Å²) in [5.74, 6) is -5.82. The lowest BCUT2D eigenvalue weighted by molar-refractivity contribution is -0.150. The second-order valence-electron chi connectivity index (χ2n) is 7.04. The predicted octanol–water partition coefficient (Wildman–Crippen LogP) is -2.97. The Bertz CT molecular complexity index is 733. The number of carboxylic acid groups (broad SMARTS) is 2. The fourth-order valence-electron chi connectivity index (χ4n) is 3.07. The Morgan fingerprint density at radius 3 is 2.19 bits per heavy atom. The SMILES string of the molecule is NC(=O)CC(N)C(=O)NC(CS)C(=O)NC(CCC(=O)O)C(=O)N1CCCC1C(=O)O. The molecule has 13 nitrogen and oxygen atoms in total. The van der Waals surface area contributed by atoms with Crippen LogP contribution in [-0.2, 0) is 28.8 Å². The summed E-state index contributed by atoms with van der Waals surface area (Å²) in [6.07, 6.45) is -0.484. The van der Waals surface area contributed by atoms with Gasteiger partial charge in [0.1, 0.15) is 18.1 Å². The van der Waals surface area contributed by atoms with Crippen molar-refractivity contribution in [1.29, 1.82) is 0 Å². The smallest absolute Gasteiger partial charge is 0.326 e. The van der Waals surface area contributed by atoms with Crippen molar-refractivity contribution >= 4 is 48.2 Å². The molecule has 1 aliphatic rings. The van der Waals surface area contributed by atoms with E-state index in [4.69, 9.17) is 16.6 Å². The van der Waals surface area contributed by atoms with Crippen LogP contribution in [0.25, 0.3) is 0 Å². The number of aliphatic carboxylic acids is 2. The fraction of sp³-hybridized carbons (Fsp3) is 0.647. The van der Waals surface area contributed by atoms with Gasteiger partial charge in [-0.25, -0.2) is 4.79 Å². The molecule has 174 valence electrons. The van der Waals surface area contributed by atoms with Crippen molar-refractivity contribution in [3.8, 4) is 0 Å². The maximum Gasteiger partial charge on any atom is 0.326 e. The van der Waals surface area contributed by atoms with Gasteiger partial charge in [0, 0.05) is 18.7 Å². The van der Waals surface area contributed by atoms with Gasteiger partial charge in [-0.3, -0.25) is 24.0 Å². The van der Waals surface area contributed by atoms with E-state index in [1.54, 1.807) is 0 Å². The van der Waals surface area contributed by atoms with Crippen LogP contribution in [0.15, 0.2) is 0 Å². The molecule has 31 heavy (non-hydrogen) atoms. The maximum absolute atomic E-state index is 12.8. The van der Waals surface area contributed by atoms with Crippen LogP contribution in [0.2, 0.25) is 0 Å². The van der Waals surface area contributed by atoms with Gasteiger partial charge in [-0.15, -0.1) is 0 Å². The number of carboxylic acids is 2. The zero-order valence-electron chi connectivity index (χ0n) is 16.7. The molecule has 4 amide bonds. The lowest BCUT2D eigenvalue weighted by Crippen LogP contribution is -2.58. The number of nitrogens with zero attached hydrogens (tertiary/aromatic N) is 1. The number of hydrogen-bond acceptors (Lipinski definition) is 8. The highest BCUT2D eigenvalue weighted by atomic mass is 32.1. The minimum Gasteiger partial charge on any atom is -0.481 e. The largest absolute Gasteiger partial charge is 0.481 e. The van der Waals surface area contributed by atoms with Crippen molar-refractivity contribution in [2.45, 2.75) is 56.3 Å². The number of thiol groups is 1. The first-order chi connectivity index (χ1) is 14.5. The van der Waals surface area contributed by atoms with Gasteiger partial charge < -0.3 is 37.2 Å². The molecular formula is C17H27N5O8S. The normalized spacial score (nSPS) is 18.5. The van der Waals surface area contributed by atoms with E-state index in [1.165, 1.54) is 0 Å². The van der Waals surface area contributed by atoms with Gasteiger partial charge in [0.05, 0.1) is 12.5 Å². The van der Waals surface area contributed by atoms with E-state index in [9.17, 15) is 33.9 Å². The number of carbonyl (C=O) groups is 6. The number of primary amides is 1. The van der Waals surface area contributed by atoms with Crippen molar-refractivity contribution in [2.24, 2.45) is 11.5 Å². The van der Waals surface area contributed by atoms with Crippen LogP contribution >= 0.6 is 12.6 Å². The molecule has 0 aromatic carbocycles. The van der Waals surface area contributed by atoms with E-state index in [2.05, 4.69) is 23.3 Å². The average molecular weight is 461 g/mol. The number of likely N-dealkylation sites (tertiary alicyclic amines) is 1. The molecule has 4 atom stereocenters. The van der Waals surface area contributed by atoms with E-state index in [-0.39, 0.29) is 25.1 Å². The molecule has 1 aliphatic heterocycles. The Hall–Kier alpha value is -2.87. The summed E-state index contributed by atoms with van der Waals surface area (Å²) in [6, 6.07) is -4.92. The summed E-state index contributed by atoms with van der Waals surface area (Å²) >= 11 is 3.98. The molecular weight excluding hydrogens is 434 g/mol. The number of nitrogens with one attached hydrogen (secondary N) is 2. The highest BCUT2D eigenvalue weighted by Crippen LogP contribution is 2.19. The van der Waals surface area contributed by atoms with Crippen molar-refractivity contribution < 1.29 is 39.0 Å². The van der Waals surface area contributed by atoms with E-state index in [0.717, 1.165) is 4.90 Å². The Kier molecular flexibility index (Phi) is 10.2. The van der Waals surface area contributed by atoms with Crippen molar-refractivity contribution in [2.75, 3.05) is 12.3 Å². The van der Waals surface area contributed by atoms with E-state index in [1.807, 2.05) is 0 Å². The molecule has 0 aliphatic carbocycles. The molecule has 1 rings (SSSR count). The highest BCUT2D eigenvalue weighted by molar-refractivity contribution is 7.80. The van der Waals surface area contributed by atoms with Gasteiger partial charge in [0.25, 0.3) is 0 Å². The highest BCUT2D eigenvalue weighted by Gasteiger charge is 2.38. The third-order valence-corrected chi connectivity index (χ3v) is 5.02. The molecule has 4 unspecified atom stereocenters. The minimum atomic E-state index is -1.32. The van der Waals surface area contributed by atoms with Crippen molar-refractivity contribution in [3.05, 3.63) is 0 Å². The number of hydrogen-bond donors (Lipinski definition) is 7. The lowest BCUT2D eigenvalue weighted by atomic mass is 10.1. The molecule has 8 N–H and O–H groups in total. The maximum atomic E-state index is 12.8. The standard InChI is InChI=1S/C17H27N5O8S/c18-8(6-12(19)23)14(26)21-10(7-31)15(27)20-9(3-4-13(24)25)16(28)22-5-1-2-11(22)17(29)30/h8-11,31H,1-7,18H2,(H2,19,23)(H,20,27)(H,21,26)(H,24,25)(H,29,30). The van der Waals surface area contributed by atoms with E-state index >= 15 is 0 Å². The third-order valence-electron chi connectivity index (χ3n) is 4.66. The first-order valence-corrected chi connectivity index (χ1v) is 10.1. The number of nitrogens with two attached hydrogens (primary N) is 2. The Morgan fingerprint density at radius 2 is 1.68 bits per heavy atom. The molecule has 0 aromatic heterocycles. The minimum absolute atomic E-state index is 0.157. The summed E-state index contributed by atoms with van der Waals surface area (Å²) in [5, 5.41) is 22.9. The first kappa shape index (κ1) is 26.2. The molecule has 0 aromatic rings. The van der Waals surface area contributed by atoms with Crippen molar-refractivity contribution in [3.63, 3.8) is 0 Å². The summed E-state index contributed by atoms with van der Waals surface area (Å²) in [5.41, 5.74) is 10.5. The molecule has 0 bridgehead atoms. The number of amides is 4. The van der Waals surface area contributed by atoms with Gasteiger partial charge >= 0.3 is 11.9 Å². The summed E-state index contributed by atoms with van der Waals surface area (Å²) in [6.45, 7) is 0.157. The van der Waals surface area contributed by atoms with Gasteiger partial charge in [0.2, 0.25) is 23.6 Å². The van der Waals surface area contributed by atoms with Crippen LogP contribution in [0.3, 0.4) is 0 Å². The summed E-state index contributed by atoms with van der Waals surface area (Å²) < 4.78 is 0. The molecule has 14 heteroatoms. The van der Waals surface area contributed by atoms with Gasteiger partial charge in [-0.1, -0.05) is 0 Å². The fourth-order valence-corrected chi connectivity index (χ4v) is 3.32. The monoisotopic (exact) mass is 461 g/mol. The third kappa shape index (κ3) is 8.05. The van der Waals surface area contributed by atoms with E-state index in [0.29, 0.717) is 6.42 Å². The van der Waals surface area contributed by atoms with Gasteiger partial charge in [-0.2, -0.15) is 12.6 Å². The van der Waals surface area contributed by atoms with Crippen LogP contribution < -0.4 is 22.1 Å². The van der Waals surface area contributed by atoms with Crippen LogP contribution in [0.5, 0.6) is 0 Å². The van der Waals surface area contributed by atoms with Gasteiger partial charge in [-0.05, 0) is 19.3 Å². The molecule has 0 spiro atoms. The van der Waals surface area contributed by atoms with Crippen LogP contribution in [0, 0.1) is 0 Å². The average Bonchev–Trinajstić information content (AvgIpc) is 3.17. The second-order valence-corrected chi connectivity index (χ2v) is 7.41. The van der Waals surface area contributed by atoms with Crippen LogP contribution in [0.4, 0.5) is 0 Å². The predicted molar refractivity (Wildman–Crippen MR) is 109 cm³/mol. The topological polar surface area (TPSA) is 222 Å². The molecule has 0 radical (unpaired) electrons. The molecule has 0 saturated carbocycles. The Labute approximate surface area is 183 Å². The summed E-state index contributed by atoms with van der Waals surface area (Å²) in [7, 11) is 0. The Balaban J connectivity index is 2.91. The van der Waals surface area contributed by atoms with Crippen molar-refractivity contribution in [1.82, 2.24) is 15.5 Å². The quantitative estimate of drug-likeness (QED) is 0.147. The van der Waals surface area contributed by atoms with Crippen LogP contribution in [0.1, 0.15) is 32.1 Å². The second kappa shape index (κ2) is 12.1. The van der Waals surface area contributed by atoms with E-state index < -0.39 is 72.6 Å². The summed E-state index contributed by atoms with van der Waals surface area (Å²) in [4.78, 5) is 71.8.